The van der Waals surface area contributed by atoms with Gasteiger partial charge >= 0.3 is 0 Å². The van der Waals surface area contributed by atoms with Crippen LogP contribution in [0, 0.1) is 6.92 Å². The fourth-order valence-electron chi connectivity index (χ4n) is 2.69. The van der Waals surface area contributed by atoms with Crippen molar-refractivity contribution < 1.29 is 29.6 Å². The third-order valence-electron chi connectivity index (χ3n) is 3.98. The van der Waals surface area contributed by atoms with Gasteiger partial charge in [0.15, 0.2) is 17.3 Å². The monoisotopic (exact) mass is 316 g/mol. The number of fused-ring (bicyclic) bond motifs is 1. The van der Waals surface area contributed by atoms with Crippen LogP contribution < -0.4 is 9.47 Å². The molecule has 0 spiro atoms. The van der Waals surface area contributed by atoms with Crippen molar-refractivity contribution in [3.05, 3.63) is 41.0 Å². The Morgan fingerprint density at radius 3 is 2.57 bits per heavy atom. The van der Waals surface area contributed by atoms with Crippen molar-refractivity contribution in [1.82, 2.24) is 0 Å². The van der Waals surface area contributed by atoms with Crippen LogP contribution in [-0.2, 0) is 0 Å². The SMILES string of the molecule is COc1cc2c(c(O)c1C)C(=O)CC(c1ccc(O)c(O)c1)O2. The molecule has 0 fully saturated rings. The number of carbonyl (C=O) groups excluding carboxylic acids is 1. The number of ether oxygens (including phenoxy) is 2. The second-order valence-electron chi connectivity index (χ2n) is 5.41. The second-order valence-corrected chi connectivity index (χ2v) is 5.41. The molecule has 1 unspecified atom stereocenters. The zero-order valence-corrected chi connectivity index (χ0v) is 12.7. The van der Waals surface area contributed by atoms with Gasteiger partial charge < -0.3 is 24.8 Å². The second kappa shape index (κ2) is 5.39. The molecule has 6 heteroatoms. The summed E-state index contributed by atoms with van der Waals surface area (Å²) < 4.78 is 11.0. The summed E-state index contributed by atoms with van der Waals surface area (Å²) in [6.45, 7) is 1.66. The van der Waals surface area contributed by atoms with E-state index in [0.29, 0.717) is 16.9 Å². The Balaban J connectivity index is 2.04. The molecule has 1 aliphatic rings. The Labute approximate surface area is 132 Å². The molecule has 1 aliphatic heterocycles. The summed E-state index contributed by atoms with van der Waals surface area (Å²) in [6, 6.07) is 5.82. The number of ketones is 1. The molecule has 3 N–H and O–H groups in total. The highest BCUT2D eigenvalue weighted by Gasteiger charge is 2.32. The van der Waals surface area contributed by atoms with Gasteiger partial charge in [0.05, 0.1) is 13.5 Å². The van der Waals surface area contributed by atoms with E-state index in [-0.39, 0.29) is 40.8 Å². The number of methoxy groups -OCH3 is 1. The number of hydrogen-bond acceptors (Lipinski definition) is 6. The molecule has 120 valence electrons. The quantitative estimate of drug-likeness (QED) is 0.737. The summed E-state index contributed by atoms with van der Waals surface area (Å²) in [6.07, 6.45) is -0.593. The maximum absolute atomic E-state index is 12.4. The van der Waals surface area contributed by atoms with Crippen molar-refractivity contribution in [2.75, 3.05) is 7.11 Å². The summed E-state index contributed by atoms with van der Waals surface area (Å²) in [4.78, 5) is 12.4. The van der Waals surface area contributed by atoms with E-state index in [9.17, 15) is 20.1 Å². The van der Waals surface area contributed by atoms with E-state index in [4.69, 9.17) is 9.47 Å². The van der Waals surface area contributed by atoms with Crippen LogP contribution in [0.3, 0.4) is 0 Å². The molecule has 3 rings (SSSR count). The van der Waals surface area contributed by atoms with Crippen molar-refractivity contribution in [2.24, 2.45) is 0 Å². The van der Waals surface area contributed by atoms with E-state index in [2.05, 4.69) is 0 Å². The van der Waals surface area contributed by atoms with Crippen LogP contribution in [0.25, 0.3) is 0 Å². The van der Waals surface area contributed by atoms with Gasteiger partial charge in [0.2, 0.25) is 0 Å². The molecule has 0 bridgehead atoms. The van der Waals surface area contributed by atoms with Crippen LogP contribution in [0.5, 0.6) is 28.7 Å². The summed E-state index contributed by atoms with van der Waals surface area (Å²) in [5.41, 5.74) is 1.17. The van der Waals surface area contributed by atoms with E-state index in [1.807, 2.05) is 0 Å². The van der Waals surface area contributed by atoms with E-state index in [1.165, 1.54) is 19.2 Å². The third kappa shape index (κ3) is 2.42. The Bertz CT molecular complexity index is 796. The van der Waals surface area contributed by atoms with Crippen molar-refractivity contribution in [2.45, 2.75) is 19.4 Å². The molecular formula is C17H16O6. The third-order valence-corrected chi connectivity index (χ3v) is 3.98. The number of phenols is 3. The number of benzene rings is 2. The van der Waals surface area contributed by atoms with Gasteiger partial charge in [-0.15, -0.1) is 0 Å². The molecule has 1 atom stereocenters. The molecule has 2 aromatic rings. The first kappa shape index (κ1) is 15.0. The highest BCUT2D eigenvalue weighted by atomic mass is 16.5. The minimum atomic E-state index is -0.617. The molecule has 0 aromatic heterocycles. The average molecular weight is 316 g/mol. The van der Waals surface area contributed by atoms with Crippen LogP contribution in [-0.4, -0.2) is 28.2 Å². The summed E-state index contributed by atoms with van der Waals surface area (Å²) in [7, 11) is 1.47. The summed E-state index contributed by atoms with van der Waals surface area (Å²) in [5.74, 6) is -0.273. The van der Waals surface area contributed by atoms with Crippen molar-refractivity contribution >= 4 is 5.78 Å². The summed E-state index contributed by atoms with van der Waals surface area (Å²) >= 11 is 0. The predicted molar refractivity (Wildman–Crippen MR) is 81.5 cm³/mol. The van der Waals surface area contributed by atoms with Crippen LogP contribution in [0.2, 0.25) is 0 Å². The number of Topliss-reactive ketones (excluding diaryl/α,β-unsaturated/α-hetero) is 1. The Hall–Kier alpha value is -2.89. The van der Waals surface area contributed by atoms with Gasteiger partial charge in [-0.1, -0.05) is 6.07 Å². The first-order chi connectivity index (χ1) is 10.9. The molecule has 23 heavy (non-hydrogen) atoms. The lowest BCUT2D eigenvalue weighted by atomic mass is 9.94. The smallest absolute Gasteiger partial charge is 0.174 e. The van der Waals surface area contributed by atoms with Gasteiger partial charge in [0.1, 0.15) is 28.9 Å². The largest absolute Gasteiger partial charge is 0.507 e. The van der Waals surface area contributed by atoms with Crippen LogP contribution >= 0.6 is 0 Å². The highest BCUT2D eigenvalue weighted by molar-refractivity contribution is 6.03. The molecule has 2 aromatic carbocycles. The standard InChI is InChI=1S/C17H16O6/c1-8-13(22-2)7-15-16(17(8)21)12(20)6-14(23-15)9-3-4-10(18)11(19)5-9/h3-5,7,14,18-19,21H,6H2,1-2H3. The summed E-state index contributed by atoms with van der Waals surface area (Å²) in [5, 5.41) is 29.2. The lowest BCUT2D eigenvalue weighted by Crippen LogP contribution is -2.21. The van der Waals surface area contributed by atoms with E-state index < -0.39 is 6.10 Å². The number of carbonyl (C=O) groups is 1. The first-order valence-corrected chi connectivity index (χ1v) is 7.04. The van der Waals surface area contributed by atoms with Gasteiger partial charge in [-0.25, -0.2) is 0 Å². The molecular weight excluding hydrogens is 300 g/mol. The lowest BCUT2D eigenvalue weighted by molar-refractivity contribution is 0.0844. The lowest BCUT2D eigenvalue weighted by Gasteiger charge is -2.27. The minimum absolute atomic E-state index is 0.0243. The number of phenolic OH excluding ortho intramolecular Hbond substituents is 3. The van der Waals surface area contributed by atoms with E-state index >= 15 is 0 Å². The van der Waals surface area contributed by atoms with Crippen LogP contribution in [0.4, 0.5) is 0 Å². The van der Waals surface area contributed by atoms with Gasteiger partial charge in [-0.05, 0) is 24.6 Å². The van der Waals surface area contributed by atoms with Crippen molar-refractivity contribution in [3.63, 3.8) is 0 Å². The Morgan fingerprint density at radius 2 is 1.91 bits per heavy atom. The average Bonchev–Trinajstić information content (AvgIpc) is 2.52. The van der Waals surface area contributed by atoms with Gasteiger partial charge in [0, 0.05) is 11.6 Å². The van der Waals surface area contributed by atoms with E-state index in [1.54, 1.807) is 19.1 Å². The molecule has 0 radical (unpaired) electrons. The molecule has 6 nitrogen and oxygen atoms in total. The zero-order chi connectivity index (χ0) is 16.7. The molecule has 0 aliphatic carbocycles. The van der Waals surface area contributed by atoms with Crippen molar-refractivity contribution in [3.8, 4) is 28.7 Å². The highest BCUT2D eigenvalue weighted by Crippen LogP contribution is 2.44. The molecule has 0 amide bonds. The minimum Gasteiger partial charge on any atom is -0.507 e. The van der Waals surface area contributed by atoms with Crippen LogP contribution in [0.1, 0.15) is 34.0 Å². The molecule has 0 saturated heterocycles. The van der Waals surface area contributed by atoms with E-state index in [0.717, 1.165) is 0 Å². The maximum atomic E-state index is 12.4. The Morgan fingerprint density at radius 1 is 1.17 bits per heavy atom. The molecule has 1 heterocycles. The van der Waals surface area contributed by atoms with Gasteiger partial charge in [-0.3, -0.25) is 4.79 Å². The predicted octanol–water partition coefficient (Wildman–Crippen LogP) is 2.83. The number of rotatable bonds is 2. The zero-order valence-electron chi connectivity index (χ0n) is 12.7. The fourth-order valence-corrected chi connectivity index (χ4v) is 2.69. The topological polar surface area (TPSA) is 96.2 Å². The van der Waals surface area contributed by atoms with Gasteiger partial charge in [0.25, 0.3) is 0 Å². The molecule has 0 saturated carbocycles. The normalized spacial score (nSPS) is 16.6. The maximum Gasteiger partial charge on any atom is 0.174 e. The number of hydrogen-bond donors (Lipinski definition) is 3. The van der Waals surface area contributed by atoms with Crippen LogP contribution in [0.15, 0.2) is 24.3 Å². The first-order valence-electron chi connectivity index (χ1n) is 7.04. The van der Waals surface area contributed by atoms with Crippen molar-refractivity contribution in [1.29, 1.82) is 0 Å². The fraction of sp³-hybridized carbons (Fsp3) is 0.235. The van der Waals surface area contributed by atoms with Gasteiger partial charge in [-0.2, -0.15) is 0 Å². The Kier molecular flexibility index (Phi) is 3.52. The number of aromatic hydroxyl groups is 3.